The van der Waals surface area contributed by atoms with Gasteiger partial charge in [0.1, 0.15) is 0 Å². The number of hydrogen-bond donors (Lipinski definition) is 1. The smallest absolute Gasteiger partial charge is 0.0950 e. The van der Waals surface area contributed by atoms with Crippen molar-refractivity contribution in [3.63, 3.8) is 0 Å². The highest BCUT2D eigenvalue weighted by Gasteiger charge is 2.07. The molecular weight excluding hydrogens is 220 g/mol. The van der Waals surface area contributed by atoms with Crippen molar-refractivity contribution in [3.05, 3.63) is 46.7 Å². The molecule has 0 aromatic carbocycles. The van der Waals surface area contributed by atoms with Gasteiger partial charge in [-0.25, -0.2) is 4.98 Å². The molecule has 0 aliphatic rings. The first-order chi connectivity index (χ1) is 7.84. The lowest BCUT2D eigenvalue weighted by Crippen LogP contribution is -2.11. The zero-order valence-corrected chi connectivity index (χ0v) is 9.73. The maximum atomic E-state index is 9.83. The van der Waals surface area contributed by atoms with Gasteiger partial charge in [0.05, 0.1) is 11.1 Å². The van der Waals surface area contributed by atoms with Gasteiger partial charge in [0, 0.05) is 30.4 Å². The molecule has 0 spiro atoms. The Morgan fingerprint density at radius 2 is 2.31 bits per heavy atom. The van der Waals surface area contributed by atoms with E-state index >= 15 is 0 Å². The van der Waals surface area contributed by atoms with Crippen molar-refractivity contribution in [2.75, 3.05) is 0 Å². The maximum Gasteiger partial charge on any atom is 0.0950 e. The molecule has 0 aliphatic heterocycles. The summed E-state index contributed by atoms with van der Waals surface area (Å²) in [5.74, 6) is 0. The number of aliphatic hydroxyl groups is 1. The molecule has 1 atom stereocenters. The second-order valence-electron chi connectivity index (χ2n) is 3.68. The van der Waals surface area contributed by atoms with E-state index in [1.165, 1.54) is 5.56 Å². The topological polar surface area (TPSA) is 46.0 Å². The normalized spacial score (nSPS) is 12.6. The molecule has 1 unspecified atom stereocenters. The maximum absolute atomic E-state index is 9.83. The number of pyridine rings is 1. The minimum atomic E-state index is -0.314. The van der Waals surface area contributed by atoms with Crippen LogP contribution in [0.15, 0.2) is 36.1 Å². The first kappa shape index (κ1) is 11.2. The van der Waals surface area contributed by atoms with E-state index in [9.17, 15) is 5.11 Å². The number of thiazole rings is 1. The van der Waals surface area contributed by atoms with Gasteiger partial charge in [-0.2, -0.15) is 0 Å². The summed E-state index contributed by atoms with van der Waals surface area (Å²) in [4.78, 5) is 8.20. The van der Waals surface area contributed by atoms with Crippen molar-refractivity contribution >= 4 is 11.3 Å². The Labute approximate surface area is 98.8 Å². The number of hydrogen-bond acceptors (Lipinski definition) is 4. The highest BCUT2D eigenvalue weighted by atomic mass is 32.1. The van der Waals surface area contributed by atoms with Gasteiger partial charge in [0.2, 0.25) is 0 Å². The predicted octanol–water partition coefficient (Wildman–Crippen LogP) is 2.07. The molecule has 0 aliphatic carbocycles. The first-order valence-electron chi connectivity index (χ1n) is 5.30. The SMILES string of the molecule is OC(CCc1cccnc1)Cc1nccs1. The van der Waals surface area contributed by atoms with Gasteiger partial charge in [-0.3, -0.25) is 4.98 Å². The molecule has 0 amide bonds. The summed E-state index contributed by atoms with van der Waals surface area (Å²) >= 11 is 1.59. The minimum Gasteiger partial charge on any atom is -0.393 e. The van der Waals surface area contributed by atoms with E-state index in [2.05, 4.69) is 9.97 Å². The molecule has 2 rings (SSSR count). The molecule has 16 heavy (non-hydrogen) atoms. The van der Waals surface area contributed by atoms with E-state index in [-0.39, 0.29) is 6.10 Å². The summed E-state index contributed by atoms with van der Waals surface area (Å²) in [6, 6.07) is 3.95. The van der Waals surface area contributed by atoms with Gasteiger partial charge >= 0.3 is 0 Å². The van der Waals surface area contributed by atoms with Crippen LogP contribution in [0.5, 0.6) is 0 Å². The van der Waals surface area contributed by atoms with Crippen LogP contribution in [-0.2, 0) is 12.8 Å². The van der Waals surface area contributed by atoms with Crippen LogP contribution in [-0.4, -0.2) is 21.2 Å². The molecule has 2 aromatic heterocycles. The van der Waals surface area contributed by atoms with Crippen molar-refractivity contribution in [1.82, 2.24) is 9.97 Å². The third kappa shape index (κ3) is 3.40. The third-order valence-electron chi connectivity index (χ3n) is 2.38. The van der Waals surface area contributed by atoms with E-state index in [4.69, 9.17) is 0 Å². The molecule has 0 fully saturated rings. The number of rotatable bonds is 5. The summed E-state index contributed by atoms with van der Waals surface area (Å²) in [7, 11) is 0. The molecule has 0 saturated carbocycles. The van der Waals surface area contributed by atoms with Crippen molar-refractivity contribution in [3.8, 4) is 0 Å². The average molecular weight is 234 g/mol. The molecule has 1 N–H and O–H groups in total. The fourth-order valence-corrected chi connectivity index (χ4v) is 2.23. The lowest BCUT2D eigenvalue weighted by molar-refractivity contribution is 0.165. The van der Waals surface area contributed by atoms with Crippen LogP contribution in [0.1, 0.15) is 17.0 Å². The first-order valence-corrected chi connectivity index (χ1v) is 6.18. The summed E-state index contributed by atoms with van der Waals surface area (Å²) in [5, 5.41) is 12.8. The summed E-state index contributed by atoms with van der Waals surface area (Å²) in [6.45, 7) is 0. The fourth-order valence-electron chi connectivity index (χ4n) is 1.54. The van der Waals surface area contributed by atoms with Crippen molar-refractivity contribution < 1.29 is 5.11 Å². The molecule has 2 aromatic rings. The van der Waals surface area contributed by atoms with E-state index in [1.54, 1.807) is 23.7 Å². The van der Waals surface area contributed by atoms with Crippen LogP contribution in [0.2, 0.25) is 0 Å². The van der Waals surface area contributed by atoms with Gasteiger partial charge in [-0.15, -0.1) is 11.3 Å². The Morgan fingerprint density at radius 1 is 1.38 bits per heavy atom. The predicted molar refractivity (Wildman–Crippen MR) is 64.4 cm³/mol. The quantitative estimate of drug-likeness (QED) is 0.861. The third-order valence-corrected chi connectivity index (χ3v) is 3.18. The van der Waals surface area contributed by atoms with Crippen LogP contribution in [0.25, 0.3) is 0 Å². The van der Waals surface area contributed by atoms with Crippen LogP contribution >= 0.6 is 11.3 Å². The van der Waals surface area contributed by atoms with Gasteiger partial charge in [-0.1, -0.05) is 6.07 Å². The number of aromatic nitrogens is 2. The fraction of sp³-hybridized carbons (Fsp3) is 0.333. The van der Waals surface area contributed by atoms with Gasteiger partial charge in [-0.05, 0) is 24.5 Å². The molecule has 4 heteroatoms. The van der Waals surface area contributed by atoms with E-state index in [1.807, 2.05) is 23.7 Å². The van der Waals surface area contributed by atoms with Crippen molar-refractivity contribution in [1.29, 1.82) is 0 Å². The Hall–Kier alpha value is -1.26. The lowest BCUT2D eigenvalue weighted by Gasteiger charge is -2.08. The second-order valence-corrected chi connectivity index (χ2v) is 4.66. The number of nitrogens with zero attached hydrogens (tertiary/aromatic N) is 2. The van der Waals surface area contributed by atoms with Gasteiger partial charge < -0.3 is 5.11 Å². The van der Waals surface area contributed by atoms with E-state index in [0.717, 1.165) is 17.8 Å². The molecule has 84 valence electrons. The van der Waals surface area contributed by atoms with Crippen LogP contribution in [0.4, 0.5) is 0 Å². The Kier molecular flexibility index (Phi) is 4.02. The largest absolute Gasteiger partial charge is 0.393 e. The molecule has 0 bridgehead atoms. The van der Waals surface area contributed by atoms with Gasteiger partial charge in [0.15, 0.2) is 0 Å². The molecule has 3 nitrogen and oxygen atoms in total. The minimum absolute atomic E-state index is 0.314. The molecule has 2 heterocycles. The second kappa shape index (κ2) is 5.72. The lowest BCUT2D eigenvalue weighted by atomic mass is 10.1. The van der Waals surface area contributed by atoms with Crippen molar-refractivity contribution in [2.45, 2.75) is 25.4 Å². The van der Waals surface area contributed by atoms with Crippen molar-refractivity contribution in [2.24, 2.45) is 0 Å². The number of aryl methyl sites for hydroxylation is 1. The Balaban J connectivity index is 1.78. The standard InChI is InChI=1S/C12H14N2OS/c15-11(8-12-14-6-7-16-12)4-3-10-2-1-5-13-9-10/h1-2,5-7,9,11,15H,3-4,8H2. The summed E-state index contributed by atoms with van der Waals surface area (Å²) < 4.78 is 0. The molecular formula is C12H14N2OS. The highest BCUT2D eigenvalue weighted by molar-refractivity contribution is 7.09. The molecule has 0 saturated heterocycles. The van der Waals surface area contributed by atoms with E-state index in [0.29, 0.717) is 6.42 Å². The summed E-state index contributed by atoms with van der Waals surface area (Å²) in [5.41, 5.74) is 1.17. The molecule has 0 radical (unpaired) electrons. The Morgan fingerprint density at radius 3 is 3.00 bits per heavy atom. The van der Waals surface area contributed by atoms with Crippen LogP contribution < -0.4 is 0 Å². The van der Waals surface area contributed by atoms with Crippen LogP contribution in [0, 0.1) is 0 Å². The Bertz CT molecular complexity index is 402. The summed E-state index contributed by atoms with van der Waals surface area (Å²) in [6.07, 6.45) is 7.33. The monoisotopic (exact) mass is 234 g/mol. The highest BCUT2D eigenvalue weighted by Crippen LogP contribution is 2.11. The number of aliphatic hydroxyl groups excluding tert-OH is 1. The van der Waals surface area contributed by atoms with Crippen LogP contribution in [0.3, 0.4) is 0 Å². The van der Waals surface area contributed by atoms with Gasteiger partial charge in [0.25, 0.3) is 0 Å². The van der Waals surface area contributed by atoms with E-state index < -0.39 is 0 Å². The average Bonchev–Trinajstić information content (AvgIpc) is 2.81. The zero-order chi connectivity index (χ0) is 11.2. The zero-order valence-electron chi connectivity index (χ0n) is 8.91.